The zero-order valence-electron chi connectivity index (χ0n) is 33.1. The third kappa shape index (κ3) is 11.7. The smallest absolute Gasteiger partial charge is 0.261 e. The van der Waals surface area contributed by atoms with E-state index in [-0.39, 0.29) is 139 Å². The second kappa shape index (κ2) is 19.6. The van der Waals surface area contributed by atoms with Crippen molar-refractivity contribution in [2.45, 2.75) is 98.6 Å². The Morgan fingerprint density at radius 1 is 0.350 bits per heavy atom. The van der Waals surface area contributed by atoms with E-state index in [4.69, 9.17) is 61.7 Å². The highest BCUT2D eigenvalue weighted by Crippen LogP contribution is 2.43. The second-order valence-corrected chi connectivity index (χ2v) is 24.4. The molecule has 0 N–H and O–H groups in total. The van der Waals surface area contributed by atoms with Crippen LogP contribution in [0.25, 0.3) is 0 Å². The monoisotopic (exact) mass is 984 g/mol. The van der Waals surface area contributed by atoms with Gasteiger partial charge in [0.1, 0.15) is 23.0 Å². The molecule has 0 unspecified atom stereocenters. The van der Waals surface area contributed by atoms with Crippen LogP contribution in [0.15, 0.2) is 68.1 Å². The molecule has 1 aliphatic carbocycles. The van der Waals surface area contributed by atoms with Gasteiger partial charge in [-0.1, -0.05) is 27.7 Å². The highest BCUT2D eigenvalue weighted by molar-refractivity contribution is 8.14. The third-order valence-corrected chi connectivity index (χ3v) is 14.7. The van der Waals surface area contributed by atoms with E-state index in [1.54, 1.807) is 0 Å². The van der Waals surface area contributed by atoms with Gasteiger partial charge in [-0.25, -0.2) is 33.7 Å². The first kappa shape index (κ1) is 48.1. The minimum atomic E-state index is -4.42. The van der Waals surface area contributed by atoms with Crippen molar-refractivity contribution in [3.63, 3.8) is 0 Å². The van der Waals surface area contributed by atoms with Crippen molar-refractivity contribution in [1.29, 1.82) is 0 Å². The zero-order valence-corrected chi connectivity index (χ0v) is 39.4. The predicted molar refractivity (Wildman–Crippen MR) is 232 cm³/mol. The Kier molecular flexibility index (Phi) is 15.7. The summed E-state index contributed by atoms with van der Waals surface area (Å²) in [4.78, 5) is -1.24. The number of benzene rings is 4. The van der Waals surface area contributed by atoms with Gasteiger partial charge < -0.3 is 18.9 Å². The summed E-state index contributed by atoms with van der Waals surface area (Å²) in [6.45, 7) is 8.20. The number of hydrogen-bond acceptors (Lipinski definition) is 12. The quantitative estimate of drug-likeness (QED) is 0.0859. The van der Waals surface area contributed by atoms with E-state index in [2.05, 4.69) is 0 Å². The van der Waals surface area contributed by atoms with E-state index in [1.807, 2.05) is 27.7 Å². The number of hydrogen-bond donors (Lipinski definition) is 0. The SMILES string of the molecule is CCCOc1c2cc(S(=O)(=O)Cl)cc1Cc1cc(S(=O)(=O)Cl)cc(c1OCCC)Cc1cc(S(=O)(=O)Cl)cc(c1OCCC)Cc1cc(S(=O)(=O)Cl)cc(c1OCCC)C2. The Labute approximate surface area is 370 Å². The Bertz CT molecular complexity index is 2260. The van der Waals surface area contributed by atoms with E-state index in [0.717, 1.165) is 0 Å². The molecule has 5 rings (SSSR count). The Morgan fingerprint density at radius 2 is 0.500 bits per heavy atom. The van der Waals surface area contributed by atoms with Gasteiger partial charge in [0.05, 0.1) is 46.0 Å². The molecule has 20 heteroatoms. The predicted octanol–water partition coefficient (Wildman–Crippen LogP) is 9.23. The molecule has 0 heterocycles. The molecule has 1 aliphatic rings. The van der Waals surface area contributed by atoms with E-state index < -0.39 is 36.2 Å². The molecule has 0 aliphatic heterocycles. The van der Waals surface area contributed by atoms with Gasteiger partial charge in [-0.2, -0.15) is 0 Å². The van der Waals surface area contributed by atoms with Crippen molar-refractivity contribution >= 4 is 78.9 Å². The highest BCUT2D eigenvalue weighted by atomic mass is 35.7. The van der Waals surface area contributed by atoms with Crippen molar-refractivity contribution in [3.05, 3.63) is 93.0 Å². The third-order valence-electron chi connectivity index (χ3n) is 9.32. The van der Waals surface area contributed by atoms with Gasteiger partial charge in [-0.15, -0.1) is 0 Å². The minimum absolute atomic E-state index is 0.176. The Morgan fingerprint density at radius 3 is 0.617 bits per heavy atom. The van der Waals surface area contributed by atoms with Crippen LogP contribution in [0.4, 0.5) is 0 Å². The molecular weight excluding hydrogens is 943 g/mol. The average Bonchev–Trinajstić information content (AvgIpc) is 3.14. The molecule has 0 fully saturated rings. The van der Waals surface area contributed by atoms with Crippen molar-refractivity contribution in [2.24, 2.45) is 0 Å². The molecule has 0 saturated heterocycles. The molecule has 0 aromatic heterocycles. The van der Waals surface area contributed by atoms with Gasteiger partial charge in [0.25, 0.3) is 36.2 Å². The van der Waals surface area contributed by atoms with Gasteiger partial charge in [0.2, 0.25) is 0 Å². The van der Waals surface area contributed by atoms with Crippen LogP contribution in [0.1, 0.15) is 97.9 Å². The molecule has 60 heavy (non-hydrogen) atoms. The fourth-order valence-electron chi connectivity index (χ4n) is 6.88. The topological polar surface area (TPSA) is 173 Å². The maximum atomic E-state index is 13.1. The molecule has 4 aromatic rings. The lowest BCUT2D eigenvalue weighted by Crippen LogP contribution is -2.12. The number of halogens is 4. The summed E-state index contributed by atoms with van der Waals surface area (Å²) in [6, 6.07) is 10.6. The molecule has 0 saturated carbocycles. The van der Waals surface area contributed by atoms with Crippen molar-refractivity contribution in [3.8, 4) is 23.0 Å². The number of fused-ring (bicyclic) bond motifs is 8. The lowest BCUT2D eigenvalue weighted by Gasteiger charge is -2.24. The van der Waals surface area contributed by atoms with E-state index >= 15 is 0 Å². The second-order valence-electron chi connectivity index (χ2n) is 14.1. The van der Waals surface area contributed by atoms with E-state index in [9.17, 15) is 33.7 Å². The van der Waals surface area contributed by atoms with Crippen LogP contribution in [0.5, 0.6) is 23.0 Å². The lowest BCUT2D eigenvalue weighted by atomic mass is 9.91. The molecule has 0 spiro atoms. The van der Waals surface area contributed by atoms with Gasteiger partial charge in [-0.05, 0) is 74.2 Å². The largest absolute Gasteiger partial charge is 0.493 e. The molecule has 0 radical (unpaired) electrons. The van der Waals surface area contributed by atoms with Crippen molar-refractivity contribution in [2.75, 3.05) is 26.4 Å². The van der Waals surface area contributed by atoms with Crippen molar-refractivity contribution in [1.82, 2.24) is 0 Å². The summed E-state index contributed by atoms with van der Waals surface area (Å²) < 4.78 is 130. The van der Waals surface area contributed by atoms with E-state index in [1.165, 1.54) is 48.5 Å². The Balaban J connectivity index is 2.05. The van der Waals surface area contributed by atoms with Crippen LogP contribution in [-0.4, -0.2) is 60.1 Å². The summed E-state index contributed by atoms with van der Waals surface area (Å²) in [5, 5.41) is 0. The summed E-state index contributed by atoms with van der Waals surface area (Å²) >= 11 is 0. The van der Waals surface area contributed by atoms with Crippen LogP contribution >= 0.6 is 42.7 Å². The molecule has 328 valence electrons. The average molecular weight is 987 g/mol. The van der Waals surface area contributed by atoms with Crippen molar-refractivity contribution < 1.29 is 52.6 Å². The molecular formula is C40H44Cl4O12S4. The zero-order chi connectivity index (χ0) is 44.2. The van der Waals surface area contributed by atoms with Gasteiger partial charge in [-0.3, -0.25) is 0 Å². The number of ether oxygens (including phenoxy) is 4. The Hall–Kier alpha value is -2.96. The summed E-state index contributed by atoms with van der Waals surface area (Å²) in [7, 11) is 6.38. The van der Waals surface area contributed by atoms with Crippen LogP contribution < -0.4 is 18.9 Å². The van der Waals surface area contributed by atoms with Crippen LogP contribution in [0.3, 0.4) is 0 Å². The maximum absolute atomic E-state index is 13.1. The molecule has 8 bridgehead atoms. The fourth-order valence-corrected chi connectivity index (χ4v) is 10.2. The fraction of sp³-hybridized carbons (Fsp3) is 0.400. The minimum Gasteiger partial charge on any atom is -0.493 e. The lowest BCUT2D eigenvalue weighted by molar-refractivity contribution is 0.304. The molecule has 0 amide bonds. The maximum Gasteiger partial charge on any atom is 0.261 e. The first-order chi connectivity index (χ1) is 28.1. The first-order valence-electron chi connectivity index (χ1n) is 19.0. The summed E-state index contributed by atoms with van der Waals surface area (Å²) in [5.41, 5.74) is 2.15. The summed E-state index contributed by atoms with van der Waals surface area (Å²) in [5.74, 6) is 0.925. The van der Waals surface area contributed by atoms with Crippen LogP contribution in [0, 0.1) is 0 Å². The van der Waals surface area contributed by atoms with Gasteiger partial charge in [0.15, 0.2) is 0 Å². The molecule has 4 aromatic carbocycles. The van der Waals surface area contributed by atoms with Gasteiger partial charge in [0, 0.05) is 113 Å². The molecule has 0 atom stereocenters. The number of rotatable bonds is 16. The van der Waals surface area contributed by atoms with Crippen LogP contribution in [0.2, 0.25) is 0 Å². The summed E-state index contributed by atoms with van der Waals surface area (Å²) in [6.07, 6.45) is 1.44. The normalized spacial score (nSPS) is 13.5. The highest BCUT2D eigenvalue weighted by Gasteiger charge is 2.29. The molecule has 12 nitrogen and oxygen atoms in total. The first-order valence-corrected chi connectivity index (χ1v) is 28.3. The van der Waals surface area contributed by atoms with Gasteiger partial charge >= 0.3 is 0 Å². The standard InChI is InChI=1S/C40H44Cl4O12S4/c1-5-9-53-37-25-13-27-19-34(58(42,47)48)21-29(38(27)54-10-6-2)15-31-23-36(60(44,51)52)24-32(40(31)56-12-8-4)16-30-22-35(59(43,49)50)20-28(39(30)55-11-7-3)14-26(37)18-33(17-25)57(41,45)46/h17-24H,5-16H2,1-4H3. The van der Waals surface area contributed by atoms with Crippen LogP contribution in [-0.2, 0) is 61.9 Å². The van der Waals surface area contributed by atoms with E-state index in [0.29, 0.717) is 25.7 Å².